The highest BCUT2D eigenvalue weighted by molar-refractivity contribution is 7.14. The number of nitriles is 1. The standard InChI is InChI=1S/C18H12ClN3O2S/c19-14-5-3-13(4-6-14)16-11-25-18(21-16)22-17(23)10-24-15-7-1-12(9-20)2-8-15/h1-8,11H,10H2,(H,21,22,23). The lowest BCUT2D eigenvalue weighted by Gasteiger charge is -2.05. The SMILES string of the molecule is N#Cc1ccc(OCC(=O)Nc2nc(-c3ccc(Cl)cc3)cs2)cc1. The Hall–Kier alpha value is -2.88. The number of nitrogens with one attached hydrogen (secondary N) is 1. The number of benzene rings is 2. The molecule has 0 unspecified atom stereocenters. The maximum atomic E-state index is 12.0. The predicted molar refractivity (Wildman–Crippen MR) is 97.8 cm³/mol. The molecule has 0 atom stereocenters. The molecule has 2 aromatic carbocycles. The van der Waals surface area contributed by atoms with Gasteiger partial charge in [-0.2, -0.15) is 5.26 Å². The number of nitrogens with zero attached hydrogens (tertiary/aromatic N) is 2. The van der Waals surface area contributed by atoms with Crippen LogP contribution in [0.25, 0.3) is 11.3 Å². The number of hydrogen-bond acceptors (Lipinski definition) is 5. The molecule has 124 valence electrons. The number of rotatable bonds is 5. The zero-order valence-electron chi connectivity index (χ0n) is 12.9. The molecule has 0 aliphatic heterocycles. The fraction of sp³-hybridized carbons (Fsp3) is 0.0556. The zero-order chi connectivity index (χ0) is 17.6. The van der Waals surface area contributed by atoms with Gasteiger partial charge in [-0.05, 0) is 36.4 Å². The molecule has 0 spiro atoms. The first-order valence-corrected chi connectivity index (χ1v) is 8.54. The van der Waals surface area contributed by atoms with Gasteiger partial charge in [0.15, 0.2) is 11.7 Å². The molecule has 3 rings (SSSR count). The van der Waals surface area contributed by atoms with Crippen molar-refractivity contribution in [2.45, 2.75) is 0 Å². The Balaban J connectivity index is 1.56. The summed E-state index contributed by atoms with van der Waals surface area (Å²) in [5.74, 6) is 0.219. The minimum Gasteiger partial charge on any atom is -0.484 e. The average Bonchev–Trinajstić information content (AvgIpc) is 3.09. The van der Waals surface area contributed by atoms with Crippen LogP contribution in [0.5, 0.6) is 5.75 Å². The van der Waals surface area contributed by atoms with Gasteiger partial charge in [0, 0.05) is 16.0 Å². The third kappa shape index (κ3) is 4.57. The molecule has 1 N–H and O–H groups in total. The topological polar surface area (TPSA) is 75.0 Å². The van der Waals surface area contributed by atoms with Gasteiger partial charge in [-0.15, -0.1) is 11.3 Å². The van der Waals surface area contributed by atoms with Crippen molar-refractivity contribution in [1.29, 1.82) is 5.26 Å². The van der Waals surface area contributed by atoms with E-state index in [4.69, 9.17) is 21.6 Å². The van der Waals surface area contributed by atoms with E-state index in [1.54, 1.807) is 36.4 Å². The van der Waals surface area contributed by atoms with Crippen LogP contribution in [0.1, 0.15) is 5.56 Å². The first kappa shape index (κ1) is 17.0. The van der Waals surface area contributed by atoms with Gasteiger partial charge in [0.1, 0.15) is 5.75 Å². The number of anilines is 1. The highest BCUT2D eigenvalue weighted by Crippen LogP contribution is 2.26. The molecule has 0 saturated carbocycles. The number of ether oxygens (including phenoxy) is 1. The molecule has 25 heavy (non-hydrogen) atoms. The van der Waals surface area contributed by atoms with E-state index in [-0.39, 0.29) is 12.5 Å². The van der Waals surface area contributed by atoms with Gasteiger partial charge in [0.25, 0.3) is 5.91 Å². The summed E-state index contributed by atoms with van der Waals surface area (Å²) in [5.41, 5.74) is 2.23. The second kappa shape index (κ2) is 7.79. The molecule has 0 saturated heterocycles. The number of hydrogen-bond donors (Lipinski definition) is 1. The summed E-state index contributed by atoms with van der Waals surface area (Å²) in [4.78, 5) is 16.3. The fourth-order valence-electron chi connectivity index (χ4n) is 2.01. The second-order valence-corrected chi connectivity index (χ2v) is 6.31. The number of amides is 1. The summed E-state index contributed by atoms with van der Waals surface area (Å²) >= 11 is 7.21. The lowest BCUT2D eigenvalue weighted by Crippen LogP contribution is -2.20. The molecule has 0 radical (unpaired) electrons. The molecule has 1 aromatic heterocycles. The quantitative estimate of drug-likeness (QED) is 0.725. The van der Waals surface area contributed by atoms with Gasteiger partial charge < -0.3 is 4.74 Å². The monoisotopic (exact) mass is 369 g/mol. The van der Waals surface area contributed by atoms with Gasteiger partial charge in [-0.1, -0.05) is 23.7 Å². The predicted octanol–water partition coefficient (Wildman–Crippen LogP) is 4.35. The van der Waals surface area contributed by atoms with Crippen LogP contribution in [-0.2, 0) is 4.79 Å². The van der Waals surface area contributed by atoms with E-state index in [1.807, 2.05) is 23.6 Å². The van der Waals surface area contributed by atoms with Crippen molar-refractivity contribution >= 4 is 34.0 Å². The lowest BCUT2D eigenvalue weighted by molar-refractivity contribution is -0.118. The molecule has 1 amide bonds. The highest BCUT2D eigenvalue weighted by atomic mass is 35.5. The van der Waals surface area contributed by atoms with E-state index >= 15 is 0 Å². The Morgan fingerprint density at radius 2 is 1.92 bits per heavy atom. The molecule has 7 heteroatoms. The molecular weight excluding hydrogens is 358 g/mol. The van der Waals surface area contributed by atoms with Crippen LogP contribution < -0.4 is 10.1 Å². The van der Waals surface area contributed by atoms with Crippen molar-refractivity contribution in [3.63, 3.8) is 0 Å². The van der Waals surface area contributed by atoms with E-state index < -0.39 is 0 Å². The van der Waals surface area contributed by atoms with E-state index in [0.29, 0.717) is 21.5 Å². The van der Waals surface area contributed by atoms with Crippen molar-refractivity contribution in [3.05, 3.63) is 64.5 Å². The maximum absolute atomic E-state index is 12.0. The van der Waals surface area contributed by atoms with Gasteiger partial charge in [0.2, 0.25) is 0 Å². The fourth-order valence-corrected chi connectivity index (χ4v) is 2.88. The third-order valence-corrected chi connectivity index (χ3v) is 4.25. The Labute approximate surface area is 153 Å². The highest BCUT2D eigenvalue weighted by Gasteiger charge is 2.09. The van der Waals surface area contributed by atoms with Gasteiger partial charge in [0.05, 0.1) is 17.3 Å². The molecule has 0 aliphatic rings. The molecular formula is C18H12ClN3O2S. The molecule has 0 aliphatic carbocycles. The molecule has 0 fully saturated rings. The largest absolute Gasteiger partial charge is 0.484 e. The Morgan fingerprint density at radius 3 is 2.60 bits per heavy atom. The van der Waals surface area contributed by atoms with Crippen molar-refractivity contribution in [2.75, 3.05) is 11.9 Å². The minimum absolute atomic E-state index is 0.137. The van der Waals surface area contributed by atoms with Crippen molar-refractivity contribution in [1.82, 2.24) is 4.98 Å². The summed E-state index contributed by atoms with van der Waals surface area (Å²) < 4.78 is 5.38. The van der Waals surface area contributed by atoms with Gasteiger partial charge in [-0.3, -0.25) is 10.1 Å². The third-order valence-electron chi connectivity index (χ3n) is 3.24. The smallest absolute Gasteiger partial charge is 0.264 e. The molecule has 5 nitrogen and oxygen atoms in total. The van der Waals surface area contributed by atoms with Gasteiger partial charge >= 0.3 is 0 Å². The number of thiazole rings is 1. The summed E-state index contributed by atoms with van der Waals surface area (Å²) in [6.07, 6.45) is 0. The summed E-state index contributed by atoms with van der Waals surface area (Å²) in [7, 11) is 0. The van der Waals surface area contributed by atoms with Crippen LogP contribution in [0.4, 0.5) is 5.13 Å². The van der Waals surface area contributed by atoms with Crippen LogP contribution in [0.15, 0.2) is 53.9 Å². The number of carbonyl (C=O) groups is 1. The second-order valence-electron chi connectivity index (χ2n) is 5.02. The molecule has 0 bridgehead atoms. The minimum atomic E-state index is -0.304. The number of carbonyl (C=O) groups excluding carboxylic acids is 1. The normalized spacial score (nSPS) is 10.1. The van der Waals surface area contributed by atoms with Crippen molar-refractivity contribution < 1.29 is 9.53 Å². The average molecular weight is 370 g/mol. The Kier molecular flexibility index (Phi) is 5.29. The van der Waals surface area contributed by atoms with Crippen LogP contribution in [-0.4, -0.2) is 17.5 Å². The van der Waals surface area contributed by atoms with Crippen LogP contribution in [0, 0.1) is 11.3 Å². The van der Waals surface area contributed by atoms with Crippen LogP contribution >= 0.6 is 22.9 Å². The van der Waals surface area contributed by atoms with E-state index in [1.165, 1.54) is 11.3 Å². The molecule has 1 heterocycles. The van der Waals surface area contributed by atoms with Crippen molar-refractivity contribution in [2.24, 2.45) is 0 Å². The van der Waals surface area contributed by atoms with Crippen LogP contribution in [0.3, 0.4) is 0 Å². The van der Waals surface area contributed by atoms with Crippen LogP contribution in [0.2, 0.25) is 5.02 Å². The Bertz CT molecular complexity index is 915. The summed E-state index contributed by atoms with van der Waals surface area (Å²) in [6.45, 7) is -0.137. The lowest BCUT2D eigenvalue weighted by atomic mass is 10.2. The van der Waals surface area contributed by atoms with Crippen molar-refractivity contribution in [3.8, 4) is 23.1 Å². The molecule has 3 aromatic rings. The summed E-state index contributed by atoms with van der Waals surface area (Å²) in [6, 6.07) is 15.9. The zero-order valence-corrected chi connectivity index (χ0v) is 14.5. The number of aromatic nitrogens is 1. The summed E-state index contributed by atoms with van der Waals surface area (Å²) in [5, 5.41) is 14.5. The Morgan fingerprint density at radius 1 is 1.20 bits per heavy atom. The first-order valence-electron chi connectivity index (χ1n) is 7.28. The van der Waals surface area contributed by atoms with E-state index in [9.17, 15) is 4.79 Å². The maximum Gasteiger partial charge on any atom is 0.264 e. The van der Waals surface area contributed by atoms with E-state index in [2.05, 4.69) is 10.3 Å². The van der Waals surface area contributed by atoms with Gasteiger partial charge in [-0.25, -0.2) is 4.98 Å². The first-order chi connectivity index (χ1) is 12.1. The number of halogens is 1. The van der Waals surface area contributed by atoms with E-state index in [0.717, 1.165) is 11.3 Å².